The number of halogens is 2. The Balaban J connectivity index is 2.85. The van der Waals surface area contributed by atoms with Gasteiger partial charge in [-0.15, -0.1) is 0 Å². The van der Waals surface area contributed by atoms with Gasteiger partial charge in [-0.3, -0.25) is 0 Å². The molecule has 0 spiro atoms. The van der Waals surface area contributed by atoms with Gasteiger partial charge in [-0.1, -0.05) is 49.0 Å². The zero-order valence-corrected chi connectivity index (χ0v) is 12.0. The number of unbranched alkanes of at least 4 members (excludes halogenated alkanes) is 1. The van der Waals surface area contributed by atoms with E-state index in [2.05, 4.69) is 12.2 Å². The Bertz CT molecular complexity index is 390. The highest BCUT2D eigenvalue weighted by Crippen LogP contribution is 2.31. The second-order valence-electron chi connectivity index (χ2n) is 3.96. The third-order valence-electron chi connectivity index (χ3n) is 2.61. The smallest absolute Gasteiger partial charge is 0.328 e. The van der Waals surface area contributed by atoms with Crippen LogP contribution in [0.4, 0.5) is 5.69 Å². The van der Waals surface area contributed by atoms with E-state index in [0.717, 1.165) is 12.8 Å². The normalized spacial score (nSPS) is 12.0. The summed E-state index contributed by atoms with van der Waals surface area (Å²) in [7, 11) is 1.37. The van der Waals surface area contributed by atoms with Crippen molar-refractivity contribution < 1.29 is 9.53 Å². The number of hydrogen-bond donors (Lipinski definition) is 1. The van der Waals surface area contributed by atoms with Crippen LogP contribution in [0.2, 0.25) is 10.0 Å². The number of esters is 1. The van der Waals surface area contributed by atoms with E-state index in [4.69, 9.17) is 27.9 Å². The van der Waals surface area contributed by atoms with Crippen LogP contribution in [0.25, 0.3) is 0 Å². The lowest BCUT2D eigenvalue weighted by atomic mass is 10.1. The minimum atomic E-state index is -0.424. The lowest BCUT2D eigenvalue weighted by Gasteiger charge is -2.19. The molecule has 1 aromatic carbocycles. The summed E-state index contributed by atoms with van der Waals surface area (Å²) in [6.07, 6.45) is 2.62. The minimum absolute atomic E-state index is 0.306. The Morgan fingerprint density at radius 2 is 2.00 bits per heavy atom. The van der Waals surface area contributed by atoms with E-state index >= 15 is 0 Å². The molecule has 0 aromatic heterocycles. The van der Waals surface area contributed by atoms with Crippen molar-refractivity contribution in [3.8, 4) is 0 Å². The number of anilines is 1. The Morgan fingerprint density at radius 1 is 1.39 bits per heavy atom. The average Bonchev–Trinajstić information content (AvgIpc) is 2.36. The molecule has 1 unspecified atom stereocenters. The summed E-state index contributed by atoms with van der Waals surface area (Å²) in [5, 5.41) is 4.05. The van der Waals surface area contributed by atoms with Crippen LogP contribution in [0, 0.1) is 0 Å². The molecule has 0 bridgehead atoms. The van der Waals surface area contributed by atoms with E-state index in [9.17, 15) is 4.79 Å². The first-order valence-corrected chi connectivity index (χ1v) is 6.64. The largest absolute Gasteiger partial charge is 0.467 e. The summed E-state index contributed by atoms with van der Waals surface area (Å²) in [5.41, 5.74) is 0.576. The topological polar surface area (TPSA) is 38.3 Å². The Labute approximate surface area is 117 Å². The zero-order valence-electron chi connectivity index (χ0n) is 10.5. The fraction of sp³-hybridized carbons (Fsp3) is 0.462. The molecular formula is C13H17Cl2NO2. The predicted molar refractivity (Wildman–Crippen MR) is 75.4 cm³/mol. The van der Waals surface area contributed by atoms with Crippen molar-refractivity contribution in [3.05, 3.63) is 28.2 Å². The molecule has 18 heavy (non-hydrogen) atoms. The number of rotatable bonds is 6. The van der Waals surface area contributed by atoms with E-state index in [0.29, 0.717) is 22.2 Å². The number of para-hydroxylation sites is 1. The molecule has 100 valence electrons. The molecule has 0 aliphatic carbocycles. The molecule has 5 heteroatoms. The number of ether oxygens (including phenoxy) is 1. The standard InChI is InChI=1S/C13H17Cl2NO2/c1-3-4-8-11(13(17)18-2)16-12-9(14)6-5-7-10(12)15/h5-7,11,16H,3-4,8H2,1-2H3. The molecule has 0 saturated heterocycles. The van der Waals surface area contributed by atoms with Gasteiger partial charge in [0.25, 0.3) is 0 Å². The van der Waals surface area contributed by atoms with Crippen LogP contribution >= 0.6 is 23.2 Å². The molecule has 0 aliphatic heterocycles. The van der Waals surface area contributed by atoms with Gasteiger partial charge in [0, 0.05) is 0 Å². The molecule has 1 N–H and O–H groups in total. The van der Waals surface area contributed by atoms with Crippen molar-refractivity contribution >= 4 is 34.9 Å². The van der Waals surface area contributed by atoms with Gasteiger partial charge in [-0.05, 0) is 18.6 Å². The summed E-state index contributed by atoms with van der Waals surface area (Å²) in [4.78, 5) is 11.7. The van der Waals surface area contributed by atoms with Gasteiger partial charge >= 0.3 is 5.97 Å². The minimum Gasteiger partial charge on any atom is -0.467 e. The number of hydrogen-bond acceptors (Lipinski definition) is 3. The first-order chi connectivity index (χ1) is 8.60. The molecule has 1 atom stereocenters. The molecule has 0 fully saturated rings. The maximum atomic E-state index is 11.7. The fourth-order valence-electron chi connectivity index (χ4n) is 1.61. The molecular weight excluding hydrogens is 273 g/mol. The van der Waals surface area contributed by atoms with Crippen molar-refractivity contribution in [2.45, 2.75) is 32.2 Å². The van der Waals surface area contributed by atoms with Gasteiger partial charge in [-0.2, -0.15) is 0 Å². The number of nitrogens with one attached hydrogen (secondary N) is 1. The van der Waals surface area contributed by atoms with Gasteiger partial charge in [0.2, 0.25) is 0 Å². The highest BCUT2D eigenvalue weighted by molar-refractivity contribution is 6.39. The number of methoxy groups -OCH3 is 1. The van der Waals surface area contributed by atoms with Gasteiger partial charge in [0.1, 0.15) is 6.04 Å². The maximum Gasteiger partial charge on any atom is 0.328 e. The van der Waals surface area contributed by atoms with Crippen LogP contribution in [0.1, 0.15) is 26.2 Å². The summed E-state index contributed by atoms with van der Waals surface area (Å²) >= 11 is 12.1. The zero-order chi connectivity index (χ0) is 13.5. The second kappa shape index (κ2) is 7.49. The number of carbonyl (C=O) groups excluding carboxylic acids is 1. The van der Waals surface area contributed by atoms with Crippen LogP contribution in [0.3, 0.4) is 0 Å². The lowest BCUT2D eigenvalue weighted by molar-refractivity contribution is -0.141. The molecule has 0 saturated carbocycles. The summed E-state index contributed by atoms with van der Waals surface area (Å²) < 4.78 is 4.77. The van der Waals surface area contributed by atoms with Crippen LogP contribution in [0.15, 0.2) is 18.2 Å². The maximum absolute atomic E-state index is 11.7. The highest BCUT2D eigenvalue weighted by atomic mass is 35.5. The molecule has 1 aromatic rings. The van der Waals surface area contributed by atoms with E-state index in [1.54, 1.807) is 18.2 Å². The van der Waals surface area contributed by atoms with Crippen molar-refractivity contribution in [1.29, 1.82) is 0 Å². The van der Waals surface area contributed by atoms with Crippen molar-refractivity contribution in [1.82, 2.24) is 0 Å². The molecule has 0 heterocycles. The monoisotopic (exact) mass is 289 g/mol. The van der Waals surface area contributed by atoms with Crippen LogP contribution < -0.4 is 5.32 Å². The Hall–Kier alpha value is -0.930. The third kappa shape index (κ3) is 4.07. The molecule has 1 rings (SSSR count). The van der Waals surface area contributed by atoms with Crippen molar-refractivity contribution in [2.75, 3.05) is 12.4 Å². The van der Waals surface area contributed by atoms with Gasteiger partial charge in [0.05, 0.1) is 22.8 Å². The van der Waals surface area contributed by atoms with E-state index < -0.39 is 6.04 Å². The van der Waals surface area contributed by atoms with Crippen LogP contribution in [-0.4, -0.2) is 19.1 Å². The molecule has 0 radical (unpaired) electrons. The van der Waals surface area contributed by atoms with E-state index in [-0.39, 0.29) is 5.97 Å². The second-order valence-corrected chi connectivity index (χ2v) is 4.77. The Kier molecular flexibility index (Phi) is 6.30. The molecule has 0 aliphatic rings. The third-order valence-corrected chi connectivity index (χ3v) is 3.24. The highest BCUT2D eigenvalue weighted by Gasteiger charge is 2.20. The van der Waals surface area contributed by atoms with Gasteiger partial charge in [0.15, 0.2) is 0 Å². The summed E-state index contributed by atoms with van der Waals surface area (Å²) in [6, 6.07) is 4.79. The van der Waals surface area contributed by atoms with Crippen molar-refractivity contribution in [3.63, 3.8) is 0 Å². The summed E-state index contributed by atoms with van der Waals surface area (Å²) in [6.45, 7) is 2.07. The van der Waals surface area contributed by atoms with Gasteiger partial charge < -0.3 is 10.1 Å². The quantitative estimate of drug-likeness (QED) is 0.800. The van der Waals surface area contributed by atoms with E-state index in [1.807, 2.05) is 0 Å². The van der Waals surface area contributed by atoms with Crippen LogP contribution in [-0.2, 0) is 9.53 Å². The predicted octanol–water partition coefficient (Wildman–Crippen LogP) is 4.14. The van der Waals surface area contributed by atoms with Gasteiger partial charge in [-0.25, -0.2) is 4.79 Å². The summed E-state index contributed by atoms with van der Waals surface area (Å²) in [5.74, 6) is -0.306. The number of carbonyl (C=O) groups is 1. The number of benzene rings is 1. The van der Waals surface area contributed by atoms with E-state index in [1.165, 1.54) is 7.11 Å². The first-order valence-electron chi connectivity index (χ1n) is 5.88. The SMILES string of the molecule is CCCCC(Nc1c(Cl)cccc1Cl)C(=O)OC. The molecule has 3 nitrogen and oxygen atoms in total. The van der Waals surface area contributed by atoms with Crippen LogP contribution in [0.5, 0.6) is 0 Å². The van der Waals surface area contributed by atoms with Crippen molar-refractivity contribution in [2.24, 2.45) is 0 Å². The molecule has 0 amide bonds. The average molecular weight is 290 g/mol. The lowest BCUT2D eigenvalue weighted by Crippen LogP contribution is -2.30. The first kappa shape index (κ1) is 15.1. The Morgan fingerprint density at radius 3 is 2.50 bits per heavy atom. The fourth-order valence-corrected chi connectivity index (χ4v) is 2.12.